The van der Waals surface area contributed by atoms with Gasteiger partial charge in [0.1, 0.15) is 36.5 Å². The SMILES string of the molecule is COC(C)C(NC(=O)C1CCCN1C)C1OC(SCCOC(=O)C(C)C)C(O)C(O)C1O. The van der Waals surface area contributed by atoms with Crippen LogP contribution in [0.25, 0.3) is 0 Å². The lowest BCUT2D eigenvalue weighted by molar-refractivity contribution is -0.212. The maximum atomic E-state index is 12.9. The van der Waals surface area contributed by atoms with Crippen LogP contribution in [0.15, 0.2) is 0 Å². The van der Waals surface area contributed by atoms with Gasteiger partial charge in [0, 0.05) is 12.9 Å². The van der Waals surface area contributed by atoms with Crippen molar-refractivity contribution in [3.8, 4) is 0 Å². The highest BCUT2D eigenvalue weighted by Crippen LogP contribution is 2.31. The van der Waals surface area contributed by atoms with E-state index in [1.54, 1.807) is 20.8 Å². The van der Waals surface area contributed by atoms with Crippen LogP contribution in [0, 0.1) is 5.92 Å². The van der Waals surface area contributed by atoms with E-state index < -0.39 is 42.0 Å². The lowest BCUT2D eigenvalue weighted by Crippen LogP contribution is -2.66. The maximum absolute atomic E-state index is 12.9. The molecule has 10 nitrogen and oxygen atoms in total. The summed E-state index contributed by atoms with van der Waals surface area (Å²) in [6, 6.07) is -1.03. The first kappa shape index (κ1) is 27.3. The van der Waals surface area contributed by atoms with Crippen LogP contribution in [0.1, 0.15) is 33.6 Å². The van der Waals surface area contributed by atoms with Crippen LogP contribution in [0.5, 0.6) is 0 Å². The van der Waals surface area contributed by atoms with E-state index >= 15 is 0 Å². The van der Waals surface area contributed by atoms with Crippen molar-refractivity contribution in [3.63, 3.8) is 0 Å². The number of carbonyl (C=O) groups is 2. The van der Waals surface area contributed by atoms with Crippen molar-refractivity contribution in [2.24, 2.45) is 5.92 Å². The molecule has 2 rings (SSSR count). The Labute approximate surface area is 194 Å². The second kappa shape index (κ2) is 12.5. The molecule has 11 heteroatoms. The first-order chi connectivity index (χ1) is 15.1. The molecule has 8 unspecified atom stereocenters. The molecule has 0 aliphatic carbocycles. The molecule has 0 radical (unpaired) electrons. The van der Waals surface area contributed by atoms with Crippen molar-refractivity contribution in [1.29, 1.82) is 0 Å². The molecule has 0 aromatic carbocycles. The van der Waals surface area contributed by atoms with Crippen molar-refractivity contribution in [2.45, 2.75) is 81.7 Å². The number of amides is 1. The molecule has 32 heavy (non-hydrogen) atoms. The van der Waals surface area contributed by atoms with Gasteiger partial charge in [-0.1, -0.05) is 13.8 Å². The van der Waals surface area contributed by atoms with E-state index in [1.807, 2.05) is 11.9 Å². The van der Waals surface area contributed by atoms with E-state index in [4.69, 9.17) is 14.2 Å². The third-order valence-electron chi connectivity index (χ3n) is 6.05. The van der Waals surface area contributed by atoms with E-state index in [2.05, 4.69) is 5.32 Å². The molecule has 0 aromatic rings. The summed E-state index contributed by atoms with van der Waals surface area (Å²) in [7, 11) is 3.37. The molecule has 4 N–H and O–H groups in total. The molecule has 2 aliphatic rings. The summed E-state index contributed by atoms with van der Waals surface area (Å²) >= 11 is 1.17. The third kappa shape index (κ3) is 6.78. The lowest BCUT2D eigenvalue weighted by Gasteiger charge is -2.44. The standard InChI is InChI=1S/C21H38N2O8S/c1-11(2)20(28)30-9-10-32-21-17(26)15(24)16(25)18(31-21)14(12(3)29-5)22-19(27)13-7-6-8-23(13)4/h11-18,21,24-26H,6-10H2,1-5H3,(H,22,27). The molecule has 1 amide bonds. The normalized spacial score (nSPS) is 33.2. The monoisotopic (exact) mass is 478 g/mol. The van der Waals surface area contributed by atoms with Crippen molar-refractivity contribution >= 4 is 23.6 Å². The highest BCUT2D eigenvalue weighted by atomic mass is 32.2. The van der Waals surface area contributed by atoms with Gasteiger partial charge in [-0.3, -0.25) is 14.5 Å². The third-order valence-corrected chi connectivity index (χ3v) is 7.17. The number of carbonyl (C=O) groups excluding carboxylic acids is 2. The smallest absolute Gasteiger partial charge is 0.308 e. The molecule has 0 spiro atoms. The number of nitrogens with one attached hydrogen (secondary N) is 1. The van der Waals surface area contributed by atoms with Gasteiger partial charge in [-0.2, -0.15) is 0 Å². The molecule has 0 saturated carbocycles. The van der Waals surface area contributed by atoms with Gasteiger partial charge in [0.2, 0.25) is 5.91 Å². The summed E-state index contributed by atoms with van der Waals surface area (Å²) in [5, 5.41) is 34.4. The second-order valence-corrected chi connectivity index (χ2v) is 9.95. The van der Waals surface area contributed by atoms with E-state index in [1.165, 1.54) is 18.9 Å². The zero-order valence-electron chi connectivity index (χ0n) is 19.5. The second-order valence-electron chi connectivity index (χ2n) is 8.75. The van der Waals surface area contributed by atoms with Gasteiger partial charge in [-0.15, -0.1) is 11.8 Å². The number of methoxy groups -OCH3 is 1. The Balaban J connectivity index is 2.06. The number of nitrogens with zero attached hydrogens (tertiary/aromatic N) is 1. The molecule has 0 aromatic heterocycles. The summed E-state index contributed by atoms with van der Waals surface area (Å²) in [6.45, 7) is 6.17. The molecule has 2 saturated heterocycles. The van der Waals surface area contributed by atoms with Gasteiger partial charge < -0.3 is 34.8 Å². The Morgan fingerprint density at radius 1 is 1.19 bits per heavy atom. The fraction of sp³-hybridized carbons (Fsp3) is 0.905. The highest BCUT2D eigenvalue weighted by molar-refractivity contribution is 7.99. The minimum Gasteiger partial charge on any atom is -0.465 e. The Morgan fingerprint density at radius 3 is 2.44 bits per heavy atom. The van der Waals surface area contributed by atoms with Crippen LogP contribution in [0.4, 0.5) is 0 Å². The van der Waals surface area contributed by atoms with Crippen molar-refractivity contribution < 1.29 is 39.1 Å². The highest BCUT2D eigenvalue weighted by Gasteiger charge is 2.48. The predicted octanol–water partition coefficient (Wildman–Crippen LogP) is -0.660. The summed E-state index contributed by atoms with van der Waals surface area (Å²) in [6.07, 6.45) is -4.11. The quantitative estimate of drug-likeness (QED) is 0.236. The number of esters is 1. The van der Waals surface area contributed by atoms with Gasteiger partial charge in [0.15, 0.2) is 0 Å². The molecular weight excluding hydrogens is 440 g/mol. The van der Waals surface area contributed by atoms with E-state index in [0.29, 0.717) is 5.75 Å². The average Bonchev–Trinajstić information content (AvgIpc) is 3.20. The first-order valence-electron chi connectivity index (χ1n) is 11.1. The summed E-state index contributed by atoms with van der Waals surface area (Å²) in [5.74, 6) is -0.422. The minimum absolute atomic E-state index is 0.125. The van der Waals surface area contributed by atoms with Crippen LogP contribution in [0.3, 0.4) is 0 Å². The lowest BCUT2D eigenvalue weighted by atomic mass is 9.92. The number of likely N-dealkylation sites (N-methyl/N-ethyl adjacent to an activating group) is 1. The van der Waals surface area contributed by atoms with Crippen molar-refractivity contribution in [3.05, 3.63) is 0 Å². The predicted molar refractivity (Wildman–Crippen MR) is 119 cm³/mol. The number of aliphatic hydroxyl groups is 3. The fourth-order valence-electron chi connectivity index (χ4n) is 3.90. The molecule has 8 atom stereocenters. The number of rotatable bonds is 10. The number of hydrogen-bond acceptors (Lipinski definition) is 10. The summed E-state index contributed by atoms with van der Waals surface area (Å²) in [4.78, 5) is 26.4. The molecule has 2 heterocycles. The first-order valence-corrected chi connectivity index (χ1v) is 12.1. The number of thioether (sulfide) groups is 1. The van der Waals surface area contributed by atoms with E-state index in [9.17, 15) is 24.9 Å². The number of hydrogen-bond donors (Lipinski definition) is 4. The minimum atomic E-state index is -1.47. The van der Waals surface area contributed by atoms with Crippen molar-refractivity contribution in [2.75, 3.05) is 33.1 Å². The maximum Gasteiger partial charge on any atom is 0.308 e. The van der Waals surface area contributed by atoms with E-state index in [0.717, 1.165) is 19.4 Å². The number of aliphatic hydroxyl groups excluding tert-OH is 3. The van der Waals surface area contributed by atoms with Crippen molar-refractivity contribution in [1.82, 2.24) is 10.2 Å². The number of ether oxygens (including phenoxy) is 3. The fourth-order valence-corrected chi connectivity index (χ4v) is 4.87. The van der Waals surface area contributed by atoms with Crippen LogP contribution in [-0.2, 0) is 23.8 Å². The summed E-state index contributed by atoms with van der Waals surface area (Å²) < 4.78 is 16.5. The van der Waals surface area contributed by atoms with Gasteiger partial charge in [0.25, 0.3) is 0 Å². The van der Waals surface area contributed by atoms with Crippen LogP contribution < -0.4 is 5.32 Å². The molecular formula is C21H38N2O8S. The molecule has 186 valence electrons. The van der Waals surface area contributed by atoms with Gasteiger partial charge >= 0.3 is 5.97 Å². The summed E-state index contributed by atoms with van der Waals surface area (Å²) in [5.41, 5.74) is -0.881. The van der Waals surface area contributed by atoms with E-state index in [-0.39, 0.29) is 30.4 Å². The Bertz CT molecular complexity index is 625. The average molecular weight is 479 g/mol. The Hall–Kier alpha value is -0.950. The van der Waals surface area contributed by atoms with Crippen LogP contribution in [0.2, 0.25) is 0 Å². The molecule has 0 bridgehead atoms. The molecule has 2 fully saturated rings. The van der Waals surface area contributed by atoms with Gasteiger partial charge in [-0.05, 0) is 33.4 Å². The Kier molecular flexibility index (Phi) is 10.7. The Morgan fingerprint density at radius 2 is 1.88 bits per heavy atom. The van der Waals surface area contributed by atoms with Crippen LogP contribution >= 0.6 is 11.8 Å². The zero-order valence-corrected chi connectivity index (χ0v) is 20.3. The zero-order chi connectivity index (χ0) is 24.0. The molecule has 2 aliphatic heterocycles. The van der Waals surface area contributed by atoms with Gasteiger partial charge in [0.05, 0.1) is 24.1 Å². The van der Waals surface area contributed by atoms with Crippen LogP contribution in [-0.4, -0.2) is 113 Å². The number of likely N-dealkylation sites (tertiary alicyclic amines) is 1. The topological polar surface area (TPSA) is 138 Å². The van der Waals surface area contributed by atoms with Gasteiger partial charge in [-0.25, -0.2) is 0 Å². The largest absolute Gasteiger partial charge is 0.465 e.